The summed E-state index contributed by atoms with van der Waals surface area (Å²) in [5, 5.41) is 25.0. The standard InChI is InChI=1S/C16H18F3N3O5/c1-4-6-27-16(24)9(7-21-20-5-2)15(23)10-11(17)8(3)12(18)13(19)14(10)22(25)26/h7,20,23H,4-6H2,1-3H3. The molecule has 0 fully saturated rings. The quantitative estimate of drug-likeness (QED) is 0.134. The molecule has 0 saturated heterocycles. The molecule has 1 aromatic rings. The molecule has 0 aliphatic rings. The highest BCUT2D eigenvalue weighted by Crippen LogP contribution is 2.35. The van der Waals surface area contributed by atoms with Gasteiger partial charge in [0.05, 0.1) is 17.7 Å². The number of nitro groups is 1. The highest BCUT2D eigenvalue weighted by Gasteiger charge is 2.35. The first-order chi connectivity index (χ1) is 12.7. The first-order valence-corrected chi connectivity index (χ1v) is 7.86. The zero-order valence-corrected chi connectivity index (χ0v) is 14.8. The number of hydrogen-bond acceptors (Lipinski definition) is 7. The Kier molecular flexibility index (Phi) is 7.76. The molecule has 0 aromatic heterocycles. The van der Waals surface area contributed by atoms with Crippen molar-refractivity contribution in [3.8, 4) is 0 Å². The minimum atomic E-state index is -1.97. The van der Waals surface area contributed by atoms with Crippen LogP contribution in [0.2, 0.25) is 0 Å². The number of rotatable bonds is 8. The van der Waals surface area contributed by atoms with Gasteiger partial charge in [0.2, 0.25) is 5.82 Å². The van der Waals surface area contributed by atoms with E-state index in [-0.39, 0.29) is 6.61 Å². The highest BCUT2D eigenvalue weighted by atomic mass is 19.2. The van der Waals surface area contributed by atoms with Gasteiger partial charge in [-0.3, -0.25) is 10.1 Å². The number of esters is 1. The molecule has 0 atom stereocenters. The summed E-state index contributed by atoms with van der Waals surface area (Å²) < 4.78 is 47.0. The Bertz CT molecular complexity index is 809. The smallest absolute Gasteiger partial charge is 0.343 e. The van der Waals surface area contributed by atoms with E-state index in [1.54, 1.807) is 13.8 Å². The summed E-state index contributed by atoms with van der Waals surface area (Å²) in [5.41, 5.74) is -2.15. The first kappa shape index (κ1) is 21.9. The van der Waals surface area contributed by atoms with Gasteiger partial charge in [-0.1, -0.05) is 6.92 Å². The number of nitro benzene ring substituents is 1. The third-order valence-corrected chi connectivity index (χ3v) is 3.29. The second-order valence-corrected chi connectivity index (χ2v) is 5.22. The molecule has 1 aromatic carbocycles. The number of ether oxygens (including phenoxy) is 1. The van der Waals surface area contributed by atoms with Crippen LogP contribution < -0.4 is 5.43 Å². The fourth-order valence-electron chi connectivity index (χ4n) is 1.97. The van der Waals surface area contributed by atoms with Crippen LogP contribution in [0.4, 0.5) is 18.9 Å². The van der Waals surface area contributed by atoms with Crippen molar-refractivity contribution in [2.24, 2.45) is 5.10 Å². The van der Waals surface area contributed by atoms with Crippen molar-refractivity contribution in [1.29, 1.82) is 0 Å². The Balaban J connectivity index is 3.78. The maximum Gasteiger partial charge on any atom is 0.343 e. The second kappa shape index (κ2) is 9.55. The Labute approximate surface area is 152 Å². The van der Waals surface area contributed by atoms with E-state index in [1.165, 1.54) is 0 Å². The van der Waals surface area contributed by atoms with E-state index >= 15 is 0 Å². The van der Waals surface area contributed by atoms with Gasteiger partial charge in [-0.15, -0.1) is 0 Å². The fraction of sp³-hybridized carbons (Fsp3) is 0.375. The number of halogens is 3. The average molecular weight is 389 g/mol. The summed E-state index contributed by atoms with van der Waals surface area (Å²) in [5.74, 6) is -7.80. The van der Waals surface area contributed by atoms with Gasteiger partial charge in [-0.2, -0.15) is 9.49 Å². The number of hydrogen-bond donors (Lipinski definition) is 2. The van der Waals surface area contributed by atoms with Crippen LogP contribution >= 0.6 is 0 Å². The van der Waals surface area contributed by atoms with Crippen LogP contribution in [-0.2, 0) is 9.53 Å². The number of nitrogens with one attached hydrogen (secondary N) is 1. The predicted octanol–water partition coefficient (Wildman–Crippen LogP) is 3.14. The van der Waals surface area contributed by atoms with Gasteiger partial charge in [-0.05, 0) is 20.3 Å². The molecule has 0 aliphatic carbocycles. The summed E-state index contributed by atoms with van der Waals surface area (Å²) >= 11 is 0. The van der Waals surface area contributed by atoms with Gasteiger partial charge >= 0.3 is 11.7 Å². The average Bonchev–Trinajstić information content (AvgIpc) is 2.63. The molecule has 27 heavy (non-hydrogen) atoms. The minimum absolute atomic E-state index is 0.0635. The maximum atomic E-state index is 14.5. The number of hydrazone groups is 1. The van der Waals surface area contributed by atoms with Crippen molar-refractivity contribution in [2.75, 3.05) is 13.2 Å². The van der Waals surface area contributed by atoms with Gasteiger partial charge in [0.25, 0.3) is 0 Å². The molecular formula is C16H18F3N3O5. The molecule has 0 unspecified atom stereocenters. The molecule has 0 amide bonds. The van der Waals surface area contributed by atoms with E-state index in [2.05, 4.69) is 10.5 Å². The van der Waals surface area contributed by atoms with Gasteiger partial charge in [0.1, 0.15) is 22.7 Å². The van der Waals surface area contributed by atoms with Crippen LogP contribution in [0.25, 0.3) is 5.76 Å². The molecule has 0 saturated carbocycles. The summed E-state index contributed by atoms with van der Waals surface area (Å²) in [4.78, 5) is 21.8. The van der Waals surface area contributed by atoms with Gasteiger partial charge in [0, 0.05) is 12.1 Å². The van der Waals surface area contributed by atoms with E-state index in [0.29, 0.717) is 13.0 Å². The van der Waals surface area contributed by atoms with Gasteiger partial charge in [-0.25, -0.2) is 13.6 Å². The number of benzene rings is 1. The van der Waals surface area contributed by atoms with Crippen LogP contribution in [0.1, 0.15) is 31.4 Å². The third-order valence-electron chi connectivity index (χ3n) is 3.29. The van der Waals surface area contributed by atoms with E-state index in [0.717, 1.165) is 13.1 Å². The van der Waals surface area contributed by atoms with Crippen molar-refractivity contribution in [3.63, 3.8) is 0 Å². The molecular weight excluding hydrogens is 371 g/mol. The van der Waals surface area contributed by atoms with Gasteiger partial charge < -0.3 is 15.3 Å². The maximum absolute atomic E-state index is 14.5. The van der Waals surface area contributed by atoms with Crippen molar-refractivity contribution >= 4 is 23.6 Å². The molecule has 8 nitrogen and oxygen atoms in total. The largest absolute Gasteiger partial charge is 0.506 e. The number of carbonyl (C=O) groups excluding carboxylic acids is 1. The zero-order valence-electron chi connectivity index (χ0n) is 14.8. The third kappa shape index (κ3) is 4.74. The van der Waals surface area contributed by atoms with Crippen LogP contribution in [-0.4, -0.2) is 35.4 Å². The van der Waals surface area contributed by atoms with Crippen molar-refractivity contribution in [1.82, 2.24) is 5.43 Å². The molecule has 0 heterocycles. The van der Waals surface area contributed by atoms with Crippen molar-refractivity contribution < 1.29 is 32.7 Å². The second-order valence-electron chi connectivity index (χ2n) is 5.22. The molecule has 0 radical (unpaired) electrons. The van der Waals surface area contributed by atoms with E-state index < -0.39 is 56.5 Å². The Morgan fingerprint density at radius 3 is 2.44 bits per heavy atom. The van der Waals surface area contributed by atoms with Crippen molar-refractivity contribution in [2.45, 2.75) is 27.2 Å². The lowest BCUT2D eigenvalue weighted by molar-refractivity contribution is -0.388. The van der Waals surface area contributed by atoms with Crippen molar-refractivity contribution in [3.05, 3.63) is 44.3 Å². The summed E-state index contributed by atoms with van der Waals surface area (Å²) in [7, 11) is 0. The SMILES string of the molecule is CCCOC(=O)C(C=NNCC)=C(O)c1c(F)c(C)c(F)c(F)c1[N+](=O)[O-]. The summed E-state index contributed by atoms with van der Waals surface area (Å²) in [6, 6.07) is 0. The highest BCUT2D eigenvalue weighted by molar-refractivity contribution is 6.15. The summed E-state index contributed by atoms with van der Waals surface area (Å²) in [6.45, 7) is 4.45. The van der Waals surface area contributed by atoms with Crippen LogP contribution in [0.3, 0.4) is 0 Å². The molecule has 0 aliphatic heterocycles. The Morgan fingerprint density at radius 1 is 1.30 bits per heavy atom. The number of carbonyl (C=O) groups is 1. The number of aliphatic hydroxyl groups is 1. The van der Waals surface area contributed by atoms with Crippen LogP contribution in [0.5, 0.6) is 0 Å². The predicted molar refractivity (Wildman–Crippen MR) is 90.7 cm³/mol. The van der Waals surface area contributed by atoms with E-state index in [4.69, 9.17) is 4.74 Å². The lowest BCUT2D eigenvalue weighted by Gasteiger charge is -2.11. The molecule has 0 spiro atoms. The van der Waals surface area contributed by atoms with E-state index in [9.17, 15) is 33.2 Å². The monoisotopic (exact) mass is 389 g/mol. The fourth-order valence-corrected chi connectivity index (χ4v) is 1.97. The molecule has 11 heteroatoms. The topological polar surface area (TPSA) is 114 Å². The summed E-state index contributed by atoms with van der Waals surface area (Å²) in [6.07, 6.45) is 1.17. The first-order valence-electron chi connectivity index (χ1n) is 7.86. The molecule has 1 rings (SSSR count). The molecule has 0 bridgehead atoms. The normalized spacial score (nSPS) is 12.1. The Hall–Kier alpha value is -3.11. The van der Waals surface area contributed by atoms with Gasteiger partial charge in [0.15, 0.2) is 5.82 Å². The lowest BCUT2D eigenvalue weighted by Crippen LogP contribution is -2.16. The Morgan fingerprint density at radius 2 is 1.93 bits per heavy atom. The van der Waals surface area contributed by atoms with E-state index in [1.807, 2.05) is 0 Å². The molecule has 148 valence electrons. The lowest BCUT2D eigenvalue weighted by atomic mass is 10.0. The minimum Gasteiger partial charge on any atom is -0.506 e. The number of aliphatic hydroxyl groups excluding tert-OH is 1. The molecule has 2 N–H and O–H groups in total. The van der Waals surface area contributed by atoms with Crippen LogP contribution in [0, 0.1) is 34.5 Å². The van der Waals surface area contributed by atoms with Crippen LogP contribution in [0.15, 0.2) is 10.7 Å². The zero-order chi connectivity index (χ0) is 20.7. The number of nitrogens with zero attached hydrogens (tertiary/aromatic N) is 2.